The lowest BCUT2D eigenvalue weighted by atomic mass is 9.95. The normalized spacial score (nSPS) is 14.4. The van der Waals surface area contributed by atoms with E-state index in [9.17, 15) is 19.5 Å². The van der Waals surface area contributed by atoms with Crippen molar-refractivity contribution in [1.82, 2.24) is 10.2 Å². The second-order valence-electron chi connectivity index (χ2n) is 6.74. The molecule has 1 saturated heterocycles. The number of nitrogens with zero attached hydrogens (tertiary/aromatic N) is 1. The molecule has 7 nitrogen and oxygen atoms in total. The van der Waals surface area contributed by atoms with Gasteiger partial charge in [0.2, 0.25) is 11.8 Å². The Morgan fingerprint density at radius 2 is 1.61 bits per heavy atom. The lowest BCUT2D eigenvalue weighted by Gasteiger charge is -2.31. The molecule has 3 amide bonds. The molecule has 1 heterocycles. The Kier molecular flexibility index (Phi) is 6.26. The van der Waals surface area contributed by atoms with E-state index in [-0.39, 0.29) is 35.9 Å². The predicted octanol–water partition coefficient (Wildman–Crippen LogP) is 2.00. The smallest absolute Gasteiger partial charge is 0.251 e. The third-order valence-electron chi connectivity index (χ3n) is 4.79. The molecule has 2 aromatic rings. The fourth-order valence-electron chi connectivity index (χ4n) is 3.14. The second kappa shape index (κ2) is 9.03. The summed E-state index contributed by atoms with van der Waals surface area (Å²) in [6.45, 7) is 0.902. The minimum Gasteiger partial charge on any atom is -0.508 e. The quantitative estimate of drug-likeness (QED) is 0.690. The average Bonchev–Trinajstić information content (AvgIpc) is 2.74. The van der Waals surface area contributed by atoms with Gasteiger partial charge in [0.05, 0.1) is 6.54 Å². The van der Waals surface area contributed by atoms with Gasteiger partial charge < -0.3 is 20.6 Å². The van der Waals surface area contributed by atoms with Gasteiger partial charge in [-0.15, -0.1) is 0 Å². The summed E-state index contributed by atoms with van der Waals surface area (Å²) >= 11 is 0. The monoisotopic (exact) mass is 381 g/mol. The van der Waals surface area contributed by atoms with Crippen molar-refractivity contribution < 1.29 is 19.5 Å². The number of likely N-dealkylation sites (tertiary alicyclic amines) is 1. The fourth-order valence-corrected chi connectivity index (χ4v) is 3.14. The molecule has 0 unspecified atom stereocenters. The highest BCUT2D eigenvalue weighted by atomic mass is 16.3. The van der Waals surface area contributed by atoms with Crippen LogP contribution in [-0.4, -0.2) is 47.4 Å². The maximum atomic E-state index is 12.4. The van der Waals surface area contributed by atoms with Gasteiger partial charge in [-0.2, -0.15) is 0 Å². The number of benzene rings is 2. The Bertz CT molecular complexity index is 828. The summed E-state index contributed by atoms with van der Waals surface area (Å²) in [5.74, 6) is -0.546. The van der Waals surface area contributed by atoms with E-state index in [0.717, 1.165) is 0 Å². The summed E-state index contributed by atoms with van der Waals surface area (Å²) in [4.78, 5) is 38.4. The standard InChI is InChI=1S/C21H23N3O4/c25-18-8-6-17(7-9-18)23-21(28)16-10-12-24(13-11-16)19(26)14-22-20(27)15-4-2-1-3-5-15/h1-9,16,25H,10-14H2,(H,22,27)(H,23,28). The topological polar surface area (TPSA) is 98.7 Å². The molecule has 0 atom stereocenters. The molecule has 0 aliphatic carbocycles. The third kappa shape index (κ3) is 5.09. The Morgan fingerprint density at radius 3 is 2.25 bits per heavy atom. The van der Waals surface area contributed by atoms with Gasteiger partial charge in [-0.25, -0.2) is 0 Å². The van der Waals surface area contributed by atoms with Crippen molar-refractivity contribution >= 4 is 23.4 Å². The molecule has 0 aromatic heterocycles. The fraction of sp³-hybridized carbons (Fsp3) is 0.286. The zero-order chi connectivity index (χ0) is 19.9. The number of carbonyl (C=O) groups is 3. The van der Waals surface area contributed by atoms with Gasteiger partial charge in [0, 0.05) is 30.3 Å². The Balaban J connectivity index is 1.42. The minimum atomic E-state index is -0.280. The van der Waals surface area contributed by atoms with Gasteiger partial charge in [-0.05, 0) is 49.2 Å². The second-order valence-corrected chi connectivity index (χ2v) is 6.74. The molecule has 1 aliphatic heterocycles. The summed E-state index contributed by atoms with van der Waals surface area (Å²) < 4.78 is 0. The van der Waals surface area contributed by atoms with Crippen molar-refractivity contribution in [3.8, 4) is 5.75 Å². The molecule has 1 fully saturated rings. The van der Waals surface area contributed by atoms with Crippen LogP contribution in [0.1, 0.15) is 23.2 Å². The van der Waals surface area contributed by atoms with Crippen LogP contribution in [0.3, 0.4) is 0 Å². The Hall–Kier alpha value is -3.35. The number of nitrogens with one attached hydrogen (secondary N) is 2. The molecular formula is C21H23N3O4. The first kappa shape index (κ1) is 19.4. The van der Waals surface area contributed by atoms with E-state index in [4.69, 9.17) is 0 Å². The van der Waals surface area contributed by atoms with Crippen molar-refractivity contribution in [3.63, 3.8) is 0 Å². The number of hydrogen-bond acceptors (Lipinski definition) is 4. The van der Waals surface area contributed by atoms with Crippen LogP contribution in [0.25, 0.3) is 0 Å². The van der Waals surface area contributed by atoms with Crippen LogP contribution in [-0.2, 0) is 9.59 Å². The largest absolute Gasteiger partial charge is 0.508 e. The van der Waals surface area contributed by atoms with Crippen LogP contribution < -0.4 is 10.6 Å². The molecule has 3 N–H and O–H groups in total. The van der Waals surface area contributed by atoms with Crippen LogP contribution in [0.4, 0.5) is 5.69 Å². The van der Waals surface area contributed by atoms with Crippen LogP contribution in [0.15, 0.2) is 54.6 Å². The van der Waals surface area contributed by atoms with Crippen LogP contribution in [0.5, 0.6) is 5.75 Å². The molecule has 28 heavy (non-hydrogen) atoms. The zero-order valence-corrected chi connectivity index (χ0v) is 15.4. The van der Waals surface area contributed by atoms with E-state index in [1.165, 1.54) is 12.1 Å². The van der Waals surface area contributed by atoms with Crippen molar-refractivity contribution in [1.29, 1.82) is 0 Å². The van der Waals surface area contributed by atoms with Gasteiger partial charge in [-0.3, -0.25) is 14.4 Å². The summed E-state index contributed by atoms with van der Waals surface area (Å²) in [6.07, 6.45) is 1.14. The number of phenolic OH excluding ortho intramolecular Hbond substituents is 1. The number of amides is 3. The average molecular weight is 381 g/mol. The first-order chi connectivity index (χ1) is 13.5. The number of rotatable bonds is 5. The van der Waals surface area contributed by atoms with Crippen LogP contribution in [0, 0.1) is 5.92 Å². The Morgan fingerprint density at radius 1 is 0.964 bits per heavy atom. The molecule has 3 rings (SSSR count). The maximum Gasteiger partial charge on any atom is 0.251 e. The number of phenols is 1. The molecular weight excluding hydrogens is 358 g/mol. The summed E-state index contributed by atoms with van der Waals surface area (Å²) in [7, 11) is 0. The van der Waals surface area contributed by atoms with E-state index in [1.807, 2.05) is 6.07 Å². The van der Waals surface area contributed by atoms with E-state index in [1.54, 1.807) is 41.3 Å². The van der Waals surface area contributed by atoms with Crippen molar-refractivity contribution in [3.05, 3.63) is 60.2 Å². The minimum absolute atomic E-state index is 0.0574. The van der Waals surface area contributed by atoms with Gasteiger partial charge in [-0.1, -0.05) is 18.2 Å². The molecule has 2 aromatic carbocycles. The predicted molar refractivity (Wildman–Crippen MR) is 105 cm³/mol. The van der Waals surface area contributed by atoms with Crippen molar-refractivity contribution in [2.24, 2.45) is 5.92 Å². The van der Waals surface area contributed by atoms with Gasteiger partial charge in [0.25, 0.3) is 5.91 Å². The highest BCUT2D eigenvalue weighted by Crippen LogP contribution is 2.20. The SMILES string of the molecule is O=C(NCC(=O)N1CCC(C(=O)Nc2ccc(O)cc2)CC1)c1ccccc1. The van der Waals surface area contributed by atoms with Gasteiger partial charge in [0.15, 0.2) is 0 Å². The van der Waals surface area contributed by atoms with Crippen molar-refractivity contribution in [2.45, 2.75) is 12.8 Å². The first-order valence-electron chi connectivity index (χ1n) is 9.24. The number of anilines is 1. The third-order valence-corrected chi connectivity index (χ3v) is 4.79. The highest BCUT2D eigenvalue weighted by Gasteiger charge is 2.27. The van der Waals surface area contributed by atoms with Crippen LogP contribution in [0.2, 0.25) is 0 Å². The van der Waals surface area contributed by atoms with E-state index < -0.39 is 0 Å². The molecule has 7 heteroatoms. The Labute approximate surface area is 163 Å². The molecule has 0 radical (unpaired) electrons. The number of piperidine rings is 1. The zero-order valence-electron chi connectivity index (χ0n) is 15.4. The number of carbonyl (C=O) groups excluding carboxylic acids is 3. The van der Waals surface area contributed by atoms with Crippen molar-refractivity contribution in [2.75, 3.05) is 25.0 Å². The molecule has 1 aliphatic rings. The summed E-state index contributed by atoms with van der Waals surface area (Å²) in [5.41, 5.74) is 1.14. The molecule has 0 saturated carbocycles. The lowest BCUT2D eigenvalue weighted by Crippen LogP contribution is -2.45. The van der Waals surface area contributed by atoms with E-state index >= 15 is 0 Å². The molecule has 146 valence electrons. The number of hydrogen-bond donors (Lipinski definition) is 3. The maximum absolute atomic E-state index is 12.4. The van der Waals surface area contributed by atoms with E-state index in [2.05, 4.69) is 10.6 Å². The van der Waals surface area contributed by atoms with Gasteiger partial charge >= 0.3 is 0 Å². The number of aromatic hydroxyl groups is 1. The summed E-state index contributed by atoms with van der Waals surface area (Å²) in [6, 6.07) is 15.1. The van der Waals surface area contributed by atoms with Gasteiger partial charge in [0.1, 0.15) is 5.75 Å². The highest BCUT2D eigenvalue weighted by molar-refractivity contribution is 5.96. The van der Waals surface area contributed by atoms with Crippen LogP contribution >= 0.6 is 0 Å². The lowest BCUT2D eigenvalue weighted by molar-refractivity contribution is -0.133. The summed E-state index contributed by atoms with van der Waals surface area (Å²) in [5, 5.41) is 14.8. The first-order valence-corrected chi connectivity index (χ1v) is 9.24. The van der Waals surface area contributed by atoms with E-state index in [0.29, 0.717) is 37.2 Å². The molecule has 0 spiro atoms. The molecule has 0 bridgehead atoms.